The lowest BCUT2D eigenvalue weighted by molar-refractivity contribution is 0.311. The highest BCUT2D eigenvalue weighted by atomic mass is 127. The number of halogens is 1. The van der Waals surface area contributed by atoms with Crippen LogP contribution in [0.1, 0.15) is 31.7 Å². The molecular formula is C22H31IN4O3S. The molecule has 0 bridgehead atoms. The fourth-order valence-corrected chi connectivity index (χ4v) is 4.07. The van der Waals surface area contributed by atoms with Gasteiger partial charge in [0.05, 0.1) is 18.0 Å². The zero-order valence-corrected chi connectivity index (χ0v) is 20.9. The molecule has 1 aliphatic carbocycles. The van der Waals surface area contributed by atoms with Crippen molar-refractivity contribution in [3.8, 4) is 5.75 Å². The van der Waals surface area contributed by atoms with Gasteiger partial charge in [0.2, 0.25) is 10.0 Å². The number of hydrogen-bond donors (Lipinski definition) is 3. The smallest absolute Gasteiger partial charge is 0.240 e. The second-order valence-electron chi connectivity index (χ2n) is 7.18. The third-order valence-electron chi connectivity index (χ3n) is 4.52. The van der Waals surface area contributed by atoms with Gasteiger partial charge < -0.3 is 15.4 Å². The number of nitrogens with zero attached hydrogens (tertiary/aromatic N) is 1. The van der Waals surface area contributed by atoms with Crippen molar-refractivity contribution in [2.24, 2.45) is 4.99 Å². The van der Waals surface area contributed by atoms with E-state index in [2.05, 4.69) is 20.3 Å². The van der Waals surface area contributed by atoms with Gasteiger partial charge in [-0.2, -0.15) is 0 Å². The van der Waals surface area contributed by atoms with E-state index in [-0.39, 0.29) is 30.0 Å². The Morgan fingerprint density at radius 2 is 1.77 bits per heavy atom. The van der Waals surface area contributed by atoms with Gasteiger partial charge in [0.25, 0.3) is 0 Å². The van der Waals surface area contributed by atoms with E-state index in [9.17, 15) is 8.42 Å². The summed E-state index contributed by atoms with van der Waals surface area (Å²) >= 11 is 0. The second-order valence-corrected chi connectivity index (χ2v) is 8.89. The summed E-state index contributed by atoms with van der Waals surface area (Å²) in [6.07, 6.45) is 2.69. The first-order valence-electron chi connectivity index (χ1n) is 10.4. The molecule has 170 valence electrons. The molecule has 0 aromatic heterocycles. The highest BCUT2D eigenvalue weighted by molar-refractivity contribution is 14.0. The van der Waals surface area contributed by atoms with Gasteiger partial charge in [-0.25, -0.2) is 18.1 Å². The van der Waals surface area contributed by atoms with Crippen molar-refractivity contribution in [2.75, 3.05) is 19.7 Å². The Morgan fingerprint density at radius 1 is 1.06 bits per heavy atom. The number of rotatable bonds is 11. The Kier molecular flexibility index (Phi) is 10.6. The van der Waals surface area contributed by atoms with E-state index < -0.39 is 10.0 Å². The lowest BCUT2D eigenvalue weighted by atomic mass is 10.2. The van der Waals surface area contributed by atoms with Crippen molar-refractivity contribution in [1.82, 2.24) is 15.4 Å². The Balaban J connectivity index is 0.00000341. The summed E-state index contributed by atoms with van der Waals surface area (Å²) < 4.78 is 32.9. The van der Waals surface area contributed by atoms with Gasteiger partial charge in [0.15, 0.2) is 5.96 Å². The highest BCUT2D eigenvalue weighted by Crippen LogP contribution is 2.22. The third-order valence-corrected chi connectivity index (χ3v) is 6.06. The topological polar surface area (TPSA) is 91.8 Å². The molecule has 0 spiro atoms. The SMILES string of the molecule is CCNC(=NCc1ccc(S(=O)(=O)NC2CC2)cc1)NCCCOc1ccccc1.I. The predicted molar refractivity (Wildman–Crippen MR) is 135 cm³/mol. The monoisotopic (exact) mass is 558 g/mol. The molecule has 0 atom stereocenters. The summed E-state index contributed by atoms with van der Waals surface area (Å²) in [4.78, 5) is 4.88. The summed E-state index contributed by atoms with van der Waals surface area (Å²) in [5.41, 5.74) is 0.949. The van der Waals surface area contributed by atoms with Crippen LogP contribution in [0.3, 0.4) is 0 Å². The number of aliphatic imine (C=N–C) groups is 1. The second kappa shape index (κ2) is 12.9. The van der Waals surface area contributed by atoms with E-state index in [0.717, 1.165) is 49.6 Å². The van der Waals surface area contributed by atoms with E-state index in [1.807, 2.05) is 49.4 Å². The maximum atomic E-state index is 12.2. The first kappa shape index (κ1) is 25.4. The molecule has 31 heavy (non-hydrogen) atoms. The van der Waals surface area contributed by atoms with Crippen molar-refractivity contribution < 1.29 is 13.2 Å². The molecule has 1 aliphatic rings. The minimum atomic E-state index is -3.41. The molecule has 9 heteroatoms. The highest BCUT2D eigenvalue weighted by Gasteiger charge is 2.27. The van der Waals surface area contributed by atoms with Gasteiger partial charge >= 0.3 is 0 Å². The number of guanidine groups is 1. The summed E-state index contributed by atoms with van der Waals surface area (Å²) in [5, 5.41) is 6.51. The average Bonchev–Trinajstić information content (AvgIpc) is 3.56. The first-order chi connectivity index (χ1) is 14.6. The van der Waals surface area contributed by atoms with Gasteiger partial charge in [-0.15, -0.1) is 24.0 Å². The van der Waals surface area contributed by atoms with Crippen molar-refractivity contribution in [1.29, 1.82) is 0 Å². The molecule has 0 amide bonds. The van der Waals surface area contributed by atoms with Crippen LogP contribution in [0.25, 0.3) is 0 Å². The van der Waals surface area contributed by atoms with Crippen LogP contribution in [-0.2, 0) is 16.6 Å². The van der Waals surface area contributed by atoms with Crippen LogP contribution >= 0.6 is 24.0 Å². The maximum Gasteiger partial charge on any atom is 0.240 e. The first-order valence-corrected chi connectivity index (χ1v) is 11.9. The molecule has 1 saturated carbocycles. The number of benzene rings is 2. The van der Waals surface area contributed by atoms with Crippen LogP contribution in [0.5, 0.6) is 5.75 Å². The summed E-state index contributed by atoms with van der Waals surface area (Å²) in [6, 6.07) is 16.7. The van der Waals surface area contributed by atoms with Gasteiger partial charge in [-0.1, -0.05) is 30.3 Å². The zero-order chi connectivity index (χ0) is 21.2. The Morgan fingerprint density at radius 3 is 2.42 bits per heavy atom. The summed E-state index contributed by atoms with van der Waals surface area (Å²) in [7, 11) is -3.41. The molecule has 0 saturated heterocycles. The molecule has 0 heterocycles. The lowest BCUT2D eigenvalue weighted by Gasteiger charge is -2.12. The Bertz CT molecular complexity index is 918. The van der Waals surface area contributed by atoms with Gasteiger partial charge in [0.1, 0.15) is 5.75 Å². The van der Waals surface area contributed by atoms with Gasteiger partial charge in [-0.3, -0.25) is 0 Å². The van der Waals surface area contributed by atoms with E-state index in [4.69, 9.17) is 4.74 Å². The Hall–Kier alpha value is -1.85. The van der Waals surface area contributed by atoms with Crippen LogP contribution in [0, 0.1) is 0 Å². The van der Waals surface area contributed by atoms with Crippen LogP contribution < -0.4 is 20.1 Å². The van der Waals surface area contributed by atoms with Crippen LogP contribution in [0.4, 0.5) is 0 Å². The van der Waals surface area contributed by atoms with E-state index in [1.165, 1.54) is 0 Å². The molecule has 3 N–H and O–H groups in total. The van der Waals surface area contributed by atoms with Crippen molar-refractivity contribution in [3.63, 3.8) is 0 Å². The molecule has 2 aromatic rings. The number of sulfonamides is 1. The largest absolute Gasteiger partial charge is 0.494 e. The van der Waals surface area contributed by atoms with Crippen molar-refractivity contribution in [2.45, 2.75) is 43.7 Å². The molecule has 0 radical (unpaired) electrons. The normalized spacial score (nSPS) is 13.9. The molecule has 0 aliphatic heterocycles. The molecule has 3 rings (SSSR count). The van der Waals surface area contributed by atoms with Crippen molar-refractivity contribution >= 4 is 40.0 Å². The van der Waals surface area contributed by atoms with Gasteiger partial charge in [0, 0.05) is 19.1 Å². The van der Waals surface area contributed by atoms with Crippen LogP contribution in [0.2, 0.25) is 0 Å². The standard InChI is InChI=1S/C22H30N4O3S.HI/c1-2-23-22(24-15-6-16-29-20-7-4-3-5-8-20)25-17-18-9-13-21(14-10-18)30(27,28)26-19-11-12-19;/h3-5,7-10,13-14,19,26H,2,6,11-12,15-17H2,1H3,(H2,23,24,25);1H. The average molecular weight is 558 g/mol. The van der Waals surface area contributed by atoms with E-state index >= 15 is 0 Å². The van der Waals surface area contributed by atoms with Crippen LogP contribution in [-0.4, -0.2) is 40.1 Å². The number of para-hydroxylation sites is 1. The fourth-order valence-electron chi connectivity index (χ4n) is 2.76. The lowest BCUT2D eigenvalue weighted by Crippen LogP contribution is -2.38. The maximum absolute atomic E-state index is 12.2. The zero-order valence-electron chi connectivity index (χ0n) is 17.7. The quantitative estimate of drug-likeness (QED) is 0.171. The van der Waals surface area contributed by atoms with Crippen LogP contribution in [0.15, 0.2) is 64.5 Å². The van der Waals surface area contributed by atoms with Gasteiger partial charge in [-0.05, 0) is 56.0 Å². The fraction of sp³-hybridized carbons (Fsp3) is 0.409. The summed E-state index contributed by atoms with van der Waals surface area (Å²) in [5.74, 6) is 1.60. The molecule has 2 aromatic carbocycles. The minimum absolute atomic E-state index is 0. The summed E-state index contributed by atoms with van der Waals surface area (Å²) in [6.45, 7) is 4.61. The molecular weight excluding hydrogens is 527 g/mol. The number of ether oxygens (including phenoxy) is 1. The van der Waals surface area contributed by atoms with Crippen molar-refractivity contribution in [3.05, 3.63) is 60.2 Å². The predicted octanol–water partition coefficient (Wildman–Crippen LogP) is 3.27. The Labute approximate surface area is 202 Å². The molecule has 0 unspecified atom stereocenters. The van der Waals surface area contributed by atoms with E-state index in [1.54, 1.807) is 12.1 Å². The third kappa shape index (κ3) is 9.04. The minimum Gasteiger partial charge on any atom is -0.494 e. The molecule has 7 nitrogen and oxygen atoms in total. The molecule has 1 fully saturated rings. The number of nitrogens with one attached hydrogen (secondary N) is 3. The van der Waals surface area contributed by atoms with E-state index in [0.29, 0.717) is 18.0 Å². The number of hydrogen-bond acceptors (Lipinski definition) is 4.